The second-order valence-corrected chi connectivity index (χ2v) is 5.88. The van der Waals surface area contributed by atoms with Gasteiger partial charge < -0.3 is 5.73 Å². The van der Waals surface area contributed by atoms with E-state index in [-0.39, 0.29) is 11.7 Å². The summed E-state index contributed by atoms with van der Waals surface area (Å²) in [6.45, 7) is 0.468. The van der Waals surface area contributed by atoms with Gasteiger partial charge in [0.25, 0.3) is 0 Å². The highest BCUT2D eigenvalue weighted by molar-refractivity contribution is 6.30. The lowest BCUT2D eigenvalue weighted by atomic mass is 9.88. The Kier molecular flexibility index (Phi) is 4.41. The Morgan fingerprint density at radius 1 is 1.00 bits per heavy atom. The van der Waals surface area contributed by atoms with E-state index in [1.807, 2.05) is 18.2 Å². The Balaban J connectivity index is 1.99. The Morgan fingerprint density at radius 2 is 1.77 bits per heavy atom. The first-order chi connectivity index (χ1) is 10.7. The molecular formula is C19H17ClFN. The summed E-state index contributed by atoms with van der Waals surface area (Å²) in [5.74, 6) is -0.201. The van der Waals surface area contributed by atoms with Gasteiger partial charge in [-0.1, -0.05) is 60.1 Å². The van der Waals surface area contributed by atoms with Gasteiger partial charge in [0, 0.05) is 10.9 Å². The van der Waals surface area contributed by atoms with Crippen molar-refractivity contribution in [2.24, 2.45) is 5.73 Å². The molecule has 1 nitrogen and oxygen atoms in total. The van der Waals surface area contributed by atoms with Crippen LogP contribution in [0.25, 0.3) is 10.8 Å². The predicted octanol–water partition coefficient (Wildman–Crippen LogP) is 4.92. The van der Waals surface area contributed by atoms with Crippen molar-refractivity contribution >= 4 is 22.4 Å². The fourth-order valence-electron chi connectivity index (χ4n) is 2.88. The Morgan fingerprint density at radius 3 is 2.55 bits per heavy atom. The number of fused-ring (bicyclic) bond motifs is 1. The molecule has 0 aliphatic heterocycles. The van der Waals surface area contributed by atoms with Crippen LogP contribution in [-0.4, -0.2) is 6.54 Å². The van der Waals surface area contributed by atoms with E-state index in [9.17, 15) is 4.39 Å². The molecule has 0 spiro atoms. The van der Waals surface area contributed by atoms with E-state index in [2.05, 4.69) is 24.3 Å². The lowest BCUT2D eigenvalue weighted by molar-refractivity contribution is 0.591. The summed E-state index contributed by atoms with van der Waals surface area (Å²) in [5.41, 5.74) is 7.78. The topological polar surface area (TPSA) is 26.0 Å². The summed E-state index contributed by atoms with van der Waals surface area (Å²) in [7, 11) is 0. The van der Waals surface area contributed by atoms with Crippen LogP contribution >= 0.6 is 11.6 Å². The van der Waals surface area contributed by atoms with Crippen molar-refractivity contribution in [1.29, 1.82) is 0 Å². The molecule has 0 aliphatic rings. The van der Waals surface area contributed by atoms with Crippen molar-refractivity contribution in [3.8, 4) is 0 Å². The molecule has 3 heteroatoms. The molecule has 22 heavy (non-hydrogen) atoms. The molecule has 3 aromatic carbocycles. The normalized spacial score (nSPS) is 12.5. The van der Waals surface area contributed by atoms with Gasteiger partial charge in [0.15, 0.2) is 0 Å². The number of rotatable bonds is 4. The number of hydrogen-bond acceptors (Lipinski definition) is 1. The Bertz CT molecular complexity index is 795. The molecule has 112 valence electrons. The monoisotopic (exact) mass is 313 g/mol. The zero-order valence-corrected chi connectivity index (χ0v) is 12.9. The number of benzene rings is 3. The van der Waals surface area contributed by atoms with Crippen molar-refractivity contribution in [3.05, 3.63) is 82.6 Å². The molecule has 0 saturated carbocycles. The van der Waals surface area contributed by atoms with Crippen LogP contribution < -0.4 is 5.73 Å². The minimum atomic E-state index is -0.272. The lowest BCUT2D eigenvalue weighted by Crippen LogP contribution is -2.16. The number of nitrogens with two attached hydrogens (primary N) is 1. The average molecular weight is 314 g/mol. The Hall–Kier alpha value is -1.90. The van der Waals surface area contributed by atoms with Crippen molar-refractivity contribution in [2.75, 3.05) is 6.54 Å². The minimum Gasteiger partial charge on any atom is -0.330 e. The van der Waals surface area contributed by atoms with Crippen LogP contribution in [0.2, 0.25) is 5.02 Å². The van der Waals surface area contributed by atoms with Crippen LogP contribution in [-0.2, 0) is 6.42 Å². The third kappa shape index (κ3) is 2.99. The predicted molar refractivity (Wildman–Crippen MR) is 90.9 cm³/mol. The van der Waals surface area contributed by atoms with E-state index in [0.29, 0.717) is 23.6 Å². The average Bonchev–Trinajstić information content (AvgIpc) is 2.54. The zero-order chi connectivity index (χ0) is 15.5. The first-order valence-corrected chi connectivity index (χ1v) is 7.68. The summed E-state index contributed by atoms with van der Waals surface area (Å²) in [4.78, 5) is 0. The molecule has 0 amide bonds. The SMILES string of the molecule is NCC(Cc1ccc(Cl)cc1F)c1cccc2ccccc12. The molecule has 2 N–H and O–H groups in total. The van der Waals surface area contributed by atoms with Crippen LogP contribution in [0.3, 0.4) is 0 Å². The third-order valence-electron chi connectivity index (χ3n) is 4.03. The van der Waals surface area contributed by atoms with Gasteiger partial charge in [0.1, 0.15) is 5.82 Å². The fraction of sp³-hybridized carbons (Fsp3) is 0.158. The van der Waals surface area contributed by atoms with Gasteiger partial charge in [0.05, 0.1) is 0 Å². The second-order valence-electron chi connectivity index (χ2n) is 5.44. The smallest absolute Gasteiger partial charge is 0.127 e. The zero-order valence-electron chi connectivity index (χ0n) is 12.1. The molecule has 0 heterocycles. The highest BCUT2D eigenvalue weighted by Gasteiger charge is 2.15. The first kappa shape index (κ1) is 15.0. The molecular weight excluding hydrogens is 297 g/mol. The van der Waals surface area contributed by atoms with Gasteiger partial charge >= 0.3 is 0 Å². The van der Waals surface area contributed by atoms with E-state index in [0.717, 1.165) is 5.56 Å². The minimum absolute atomic E-state index is 0.0711. The molecule has 1 unspecified atom stereocenters. The van der Waals surface area contributed by atoms with Crippen molar-refractivity contribution < 1.29 is 4.39 Å². The molecule has 0 aromatic heterocycles. The first-order valence-electron chi connectivity index (χ1n) is 7.30. The summed E-state index contributed by atoms with van der Waals surface area (Å²) in [6, 6.07) is 19.2. The van der Waals surface area contributed by atoms with Gasteiger partial charge in [-0.2, -0.15) is 0 Å². The fourth-order valence-corrected chi connectivity index (χ4v) is 3.04. The summed E-state index contributed by atoms with van der Waals surface area (Å²) in [6.07, 6.45) is 0.563. The largest absolute Gasteiger partial charge is 0.330 e. The van der Waals surface area contributed by atoms with Gasteiger partial charge in [-0.15, -0.1) is 0 Å². The van der Waals surface area contributed by atoms with Crippen molar-refractivity contribution in [3.63, 3.8) is 0 Å². The molecule has 0 aliphatic carbocycles. The van der Waals surface area contributed by atoms with Crippen LogP contribution in [0, 0.1) is 5.82 Å². The van der Waals surface area contributed by atoms with E-state index >= 15 is 0 Å². The van der Waals surface area contributed by atoms with E-state index in [1.54, 1.807) is 12.1 Å². The maximum Gasteiger partial charge on any atom is 0.127 e. The van der Waals surface area contributed by atoms with Crippen LogP contribution in [0.5, 0.6) is 0 Å². The summed E-state index contributed by atoms with van der Waals surface area (Å²) < 4.78 is 14.1. The standard InChI is InChI=1S/C19H17ClFN/c20-16-9-8-14(19(21)11-16)10-15(12-22)18-7-3-5-13-4-1-2-6-17(13)18/h1-9,11,15H,10,12,22H2. The van der Waals surface area contributed by atoms with E-state index in [1.165, 1.54) is 16.8 Å². The number of hydrogen-bond donors (Lipinski definition) is 1. The van der Waals surface area contributed by atoms with E-state index < -0.39 is 0 Å². The maximum absolute atomic E-state index is 14.1. The molecule has 0 fully saturated rings. The molecule has 1 atom stereocenters. The van der Waals surface area contributed by atoms with Crippen LogP contribution in [0.15, 0.2) is 60.7 Å². The highest BCUT2D eigenvalue weighted by Crippen LogP contribution is 2.29. The van der Waals surface area contributed by atoms with Gasteiger partial charge in [-0.05, 0) is 47.0 Å². The summed E-state index contributed by atoms with van der Waals surface area (Å²) in [5, 5.41) is 2.76. The quantitative estimate of drug-likeness (QED) is 0.727. The second kappa shape index (κ2) is 6.47. The van der Waals surface area contributed by atoms with Crippen molar-refractivity contribution in [2.45, 2.75) is 12.3 Å². The van der Waals surface area contributed by atoms with Crippen molar-refractivity contribution in [1.82, 2.24) is 0 Å². The maximum atomic E-state index is 14.1. The van der Waals surface area contributed by atoms with E-state index in [4.69, 9.17) is 17.3 Å². The molecule has 0 bridgehead atoms. The highest BCUT2D eigenvalue weighted by atomic mass is 35.5. The lowest BCUT2D eigenvalue weighted by Gasteiger charge is -2.18. The number of halogens is 2. The molecule has 0 saturated heterocycles. The molecule has 0 radical (unpaired) electrons. The van der Waals surface area contributed by atoms with Crippen LogP contribution in [0.4, 0.5) is 4.39 Å². The summed E-state index contributed by atoms with van der Waals surface area (Å²) >= 11 is 5.82. The van der Waals surface area contributed by atoms with Gasteiger partial charge in [0.2, 0.25) is 0 Å². The van der Waals surface area contributed by atoms with Crippen LogP contribution in [0.1, 0.15) is 17.0 Å². The molecule has 3 rings (SSSR count). The molecule has 3 aromatic rings. The third-order valence-corrected chi connectivity index (χ3v) is 4.26. The van der Waals surface area contributed by atoms with Gasteiger partial charge in [-0.25, -0.2) is 4.39 Å². The Labute approximate surface area is 134 Å². The van der Waals surface area contributed by atoms with Gasteiger partial charge in [-0.3, -0.25) is 0 Å².